The van der Waals surface area contributed by atoms with Crippen LogP contribution in [0.15, 0.2) is 42.7 Å². The molecule has 0 bridgehead atoms. The summed E-state index contributed by atoms with van der Waals surface area (Å²) in [5.74, 6) is -0.996. The third-order valence-corrected chi connectivity index (χ3v) is 6.74. The second-order valence-electron chi connectivity index (χ2n) is 9.78. The summed E-state index contributed by atoms with van der Waals surface area (Å²) in [6.45, 7) is 8.93. The topological polar surface area (TPSA) is 36.4 Å². The third kappa shape index (κ3) is 4.65. The number of hydrogen-bond donors (Lipinski definition) is 1. The molecule has 1 fully saturated rings. The van der Waals surface area contributed by atoms with Crippen molar-refractivity contribution in [2.45, 2.75) is 58.2 Å². The summed E-state index contributed by atoms with van der Waals surface area (Å²) in [4.78, 5) is 6.45. The molecule has 2 heterocycles. The van der Waals surface area contributed by atoms with Crippen LogP contribution in [0.4, 0.5) is 13.2 Å². The molecule has 3 nitrogen and oxygen atoms in total. The zero-order valence-corrected chi connectivity index (χ0v) is 19.0. The van der Waals surface area contributed by atoms with Gasteiger partial charge in [0, 0.05) is 36.5 Å². The van der Waals surface area contributed by atoms with Gasteiger partial charge in [-0.1, -0.05) is 52.0 Å². The van der Waals surface area contributed by atoms with Crippen LogP contribution in [0.1, 0.15) is 62.3 Å². The van der Waals surface area contributed by atoms with Crippen LogP contribution in [-0.2, 0) is 12.0 Å². The van der Waals surface area contributed by atoms with Gasteiger partial charge in [-0.25, -0.2) is 0 Å². The van der Waals surface area contributed by atoms with E-state index in [0.29, 0.717) is 30.1 Å². The Morgan fingerprint density at radius 2 is 1.68 bits per heavy atom. The molecule has 6 heteroatoms. The van der Waals surface area contributed by atoms with E-state index in [1.165, 1.54) is 12.5 Å². The molecule has 2 atom stereocenters. The van der Waals surface area contributed by atoms with E-state index in [4.69, 9.17) is 0 Å². The Hall–Kier alpha value is -1.92. The van der Waals surface area contributed by atoms with Gasteiger partial charge in [-0.05, 0) is 48.6 Å². The van der Waals surface area contributed by atoms with Crippen molar-refractivity contribution < 1.29 is 18.3 Å². The molecule has 1 unspecified atom stereocenters. The molecule has 31 heavy (non-hydrogen) atoms. The third-order valence-electron chi connectivity index (χ3n) is 6.74. The number of likely N-dealkylation sites (tertiary alicyclic amines) is 1. The first kappa shape index (κ1) is 23.7. The summed E-state index contributed by atoms with van der Waals surface area (Å²) in [5, 5.41) is 12.2. The summed E-state index contributed by atoms with van der Waals surface area (Å²) < 4.78 is 38.8. The number of nitrogens with zero attached hydrogens (tertiary/aromatic N) is 2. The fourth-order valence-corrected chi connectivity index (χ4v) is 4.72. The van der Waals surface area contributed by atoms with Crippen LogP contribution in [-0.4, -0.2) is 41.3 Å². The SMILES string of the molecule is CC(C)c1ccc([C@](O)(c2cncc(CCC(C)C(F)(F)F)c2)C2(C)CN(C)C2)cc1. The van der Waals surface area contributed by atoms with Crippen LogP contribution < -0.4 is 0 Å². The van der Waals surface area contributed by atoms with Crippen molar-refractivity contribution in [1.82, 2.24) is 9.88 Å². The van der Waals surface area contributed by atoms with Crippen LogP contribution >= 0.6 is 0 Å². The Labute approximate surface area is 183 Å². The fraction of sp³-hybridized carbons (Fsp3) is 0.560. The first-order chi connectivity index (χ1) is 14.4. The van der Waals surface area contributed by atoms with Crippen molar-refractivity contribution in [2.24, 2.45) is 11.3 Å². The van der Waals surface area contributed by atoms with Crippen LogP contribution in [0, 0.1) is 11.3 Å². The summed E-state index contributed by atoms with van der Waals surface area (Å²) in [6, 6.07) is 9.85. The monoisotopic (exact) mass is 434 g/mol. The van der Waals surface area contributed by atoms with E-state index in [0.717, 1.165) is 5.56 Å². The second-order valence-corrected chi connectivity index (χ2v) is 9.78. The minimum Gasteiger partial charge on any atom is -0.380 e. The molecule has 0 aliphatic carbocycles. The molecular weight excluding hydrogens is 401 g/mol. The Morgan fingerprint density at radius 3 is 2.19 bits per heavy atom. The van der Waals surface area contributed by atoms with E-state index in [1.54, 1.807) is 12.4 Å². The second kappa shape index (κ2) is 8.55. The lowest BCUT2D eigenvalue weighted by Gasteiger charge is -2.56. The minimum absolute atomic E-state index is 0.00382. The number of benzene rings is 1. The van der Waals surface area contributed by atoms with Crippen LogP contribution in [0.25, 0.3) is 0 Å². The molecule has 0 amide bonds. The van der Waals surface area contributed by atoms with E-state index in [1.807, 2.05) is 37.4 Å². The van der Waals surface area contributed by atoms with Crippen molar-refractivity contribution in [3.05, 3.63) is 65.0 Å². The molecular formula is C25H33F3N2O. The lowest BCUT2D eigenvalue weighted by atomic mass is 9.62. The molecule has 170 valence electrons. The highest BCUT2D eigenvalue weighted by atomic mass is 19.4. The van der Waals surface area contributed by atoms with Gasteiger partial charge in [-0.15, -0.1) is 0 Å². The lowest BCUT2D eigenvalue weighted by molar-refractivity contribution is -0.170. The first-order valence-electron chi connectivity index (χ1n) is 10.9. The Balaban J connectivity index is 1.97. The molecule has 3 rings (SSSR count). The molecule has 2 aromatic rings. The average Bonchev–Trinajstić information content (AvgIpc) is 2.69. The smallest absolute Gasteiger partial charge is 0.380 e. The molecule has 0 saturated carbocycles. The minimum atomic E-state index is -4.20. The zero-order valence-electron chi connectivity index (χ0n) is 19.0. The predicted octanol–water partition coefficient (Wildman–Crippen LogP) is 5.52. The number of hydrogen-bond acceptors (Lipinski definition) is 3. The van der Waals surface area contributed by atoms with Gasteiger partial charge in [0.05, 0.1) is 5.92 Å². The maximum Gasteiger partial charge on any atom is 0.391 e. The van der Waals surface area contributed by atoms with Gasteiger partial charge in [0.15, 0.2) is 0 Å². The fourth-order valence-electron chi connectivity index (χ4n) is 4.72. The van der Waals surface area contributed by atoms with Crippen molar-refractivity contribution in [3.63, 3.8) is 0 Å². The Morgan fingerprint density at radius 1 is 1.06 bits per heavy atom. The highest BCUT2D eigenvalue weighted by molar-refractivity contribution is 5.41. The molecule has 1 aliphatic heterocycles. The van der Waals surface area contributed by atoms with Gasteiger partial charge in [-0.3, -0.25) is 4.98 Å². The highest BCUT2D eigenvalue weighted by Crippen LogP contribution is 2.50. The lowest BCUT2D eigenvalue weighted by Crippen LogP contribution is -2.63. The number of aromatic nitrogens is 1. The number of pyridine rings is 1. The Kier molecular flexibility index (Phi) is 6.55. The quantitative estimate of drug-likeness (QED) is 0.623. The van der Waals surface area contributed by atoms with Crippen molar-refractivity contribution in [2.75, 3.05) is 20.1 Å². The van der Waals surface area contributed by atoms with Crippen LogP contribution in [0.3, 0.4) is 0 Å². The standard InChI is InChI=1S/C25H33F3N2O/c1-17(2)20-8-10-21(11-9-20)24(31,23(4)15-30(5)16-23)22-12-19(13-29-14-22)7-6-18(3)25(26,27)28/h8-14,17-18,31H,6-7,15-16H2,1-5H3/t18?,24-/m0/s1. The number of halogens is 3. The van der Waals surface area contributed by atoms with E-state index in [2.05, 4.69) is 30.7 Å². The summed E-state index contributed by atoms with van der Waals surface area (Å²) in [6.07, 6.45) is -0.689. The van der Waals surface area contributed by atoms with E-state index < -0.39 is 23.1 Å². The van der Waals surface area contributed by atoms with Gasteiger partial charge < -0.3 is 10.0 Å². The molecule has 1 saturated heterocycles. The first-order valence-corrected chi connectivity index (χ1v) is 10.9. The molecule has 0 radical (unpaired) electrons. The summed E-state index contributed by atoms with van der Waals surface area (Å²) >= 11 is 0. The molecule has 1 aliphatic rings. The van der Waals surface area contributed by atoms with Crippen molar-refractivity contribution in [1.29, 1.82) is 0 Å². The largest absolute Gasteiger partial charge is 0.391 e. The van der Waals surface area contributed by atoms with Gasteiger partial charge in [0.1, 0.15) is 5.60 Å². The van der Waals surface area contributed by atoms with E-state index >= 15 is 0 Å². The van der Waals surface area contributed by atoms with E-state index in [9.17, 15) is 18.3 Å². The maximum absolute atomic E-state index is 12.9. The van der Waals surface area contributed by atoms with Crippen LogP contribution in [0.5, 0.6) is 0 Å². The molecule has 1 aromatic heterocycles. The highest BCUT2D eigenvalue weighted by Gasteiger charge is 2.55. The number of rotatable bonds is 7. The van der Waals surface area contributed by atoms with Gasteiger partial charge in [-0.2, -0.15) is 13.2 Å². The zero-order chi connectivity index (χ0) is 23.0. The van der Waals surface area contributed by atoms with E-state index in [-0.39, 0.29) is 12.8 Å². The van der Waals surface area contributed by atoms with Gasteiger partial charge in [0.2, 0.25) is 0 Å². The normalized spacial score (nSPS) is 19.7. The predicted molar refractivity (Wildman–Crippen MR) is 117 cm³/mol. The number of aliphatic hydroxyl groups is 1. The number of alkyl halides is 3. The van der Waals surface area contributed by atoms with Gasteiger partial charge in [0.25, 0.3) is 0 Å². The van der Waals surface area contributed by atoms with Crippen LogP contribution in [0.2, 0.25) is 0 Å². The maximum atomic E-state index is 12.9. The Bertz CT molecular complexity index is 888. The average molecular weight is 435 g/mol. The summed E-state index contributed by atoms with van der Waals surface area (Å²) in [7, 11) is 2.01. The summed E-state index contributed by atoms with van der Waals surface area (Å²) in [5.41, 5.74) is 1.61. The van der Waals surface area contributed by atoms with Crippen molar-refractivity contribution >= 4 is 0 Å². The van der Waals surface area contributed by atoms with Crippen molar-refractivity contribution in [3.8, 4) is 0 Å². The van der Waals surface area contributed by atoms with Gasteiger partial charge >= 0.3 is 6.18 Å². The molecule has 0 spiro atoms. The number of aryl methyl sites for hydroxylation is 1. The molecule has 1 aromatic carbocycles. The molecule has 1 N–H and O–H groups in total.